The number of sulfonamides is 1. The van der Waals surface area contributed by atoms with Crippen molar-refractivity contribution in [3.8, 4) is 0 Å². The zero-order valence-electron chi connectivity index (χ0n) is 10.9. The van der Waals surface area contributed by atoms with Crippen molar-refractivity contribution in [2.24, 2.45) is 5.84 Å². The van der Waals surface area contributed by atoms with E-state index >= 15 is 0 Å². The van der Waals surface area contributed by atoms with Crippen molar-refractivity contribution in [1.29, 1.82) is 0 Å². The van der Waals surface area contributed by atoms with Crippen LogP contribution in [-0.4, -0.2) is 23.4 Å². The second-order valence-corrected chi connectivity index (χ2v) is 5.73. The molecule has 0 aliphatic rings. The molecule has 0 spiro atoms. The average Bonchev–Trinajstić information content (AvgIpc) is 2.98. The lowest BCUT2D eigenvalue weighted by Crippen LogP contribution is -2.30. The summed E-state index contributed by atoms with van der Waals surface area (Å²) in [4.78, 5) is 10.8. The average molecular weight is 296 g/mol. The summed E-state index contributed by atoms with van der Waals surface area (Å²) >= 11 is 0. The van der Waals surface area contributed by atoms with Gasteiger partial charge in [0, 0.05) is 18.6 Å². The maximum absolute atomic E-state index is 12.4. The lowest BCUT2D eigenvalue weighted by Gasteiger charge is -2.16. The molecule has 0 saturated heterocycles. The van der Waals surface area contributed by atoms with E-state index < -0.39 is 16.1 Å². The number of hydrogen-bond donors (Lipinski definition) is 4. The highest BCUT2D eigenvalue weighted by atomic mass is 32.2. The van der Waals surface area contributed by atoms with Gasteiger partial charge < -0.3 is 10.4 Å². The molecule has 2 rings (SSSR count). The minimum absolute atomic E-state index is 0.00694. The fourth-order valence-electron chi connectivity index (χ4n) is 1.77. The van der Waals surface area contributed by atoms with Crippen LogP contribution in [0, 0.1) is 0 Å². The Bertz CT molecular complexity index is 655. The van der Waals surface area contributed by atoms with E-state index in [1.54, 1.807) is 12.4 Å². The standard InChI is InChI=1S/C11H16N6O2S/c1-2-8(10-14-6-7-15-10)17-20(18,19)9-4-3-5-13-11(9)16-12/h3-8,17H,2,12H2,1H3,(H,13,16)(H,14,15). The fourth-order valence-corrected chi connectivity index (χ4v) is 3.17. The van der Waals surface area contributed by atoms with E-state index in [4.69, 9.17) is 5.84 Å². The summed E-state index contributed by atoms with van der Waals surface area (Å²) in [5.74, 6) is 5.93. The maximum atomic E-state index is 12.4. The smallest absolute Gasteiger partial charge is 0.244 e. The minimum atomic E-state index is -3.76. The van der Waals surface area contributed by atoms with Gasteiger partial charge in [0.1, 0.15) is 10.7 Å². The first-order valence-electron chi connectivity index (χ1n) is 6.01. The minimum Gasteiger partial charge on any atom is -0.347 e. The Morgan fingerprint density at radius 2 is 2.20 bits per heavy atom. The Labute approximate surface area is 116 Å². The van der Waals surface area contributed by atoms with Crippen molar-refractivity contribution < 1.29 is 8.42 Å². The topological polar surface area (TPSA) is 126 Å². The van der Waals surface area contributed by atoms with Crippen LogP contribution in [-0.2, 0) is 10.0 Å². The highest BCUT2D eigenvalue weighted by molar-refractivity contribution is 7.89. The van der Waals surface area contributed by atoms with E-state index in [9.17, 15) is 8.42 Å². The number of hydrogen-bond acceptors (Lipinski definition) is 6. The van der Waals surface area contributed by atoms with Crippen molar-refractivity contribution in [3.63, 3.8) is 0 Å². The molecule has 5 N–H and O–H groups in total. The molecule has 1 unspecified atom stereocenters. The van der Waals surface area contributed by atoms with Gasteiger partial charge in [-0.3, -0.25) is 0 Å². The molecule has 8 nitrogen and oxygen atoms in total. The third-order valence-electron chi connectivity index (χ3n) is 2.75. The first-order chi connectivity index (χ1) is 9.58. The summed E-state index contributed by atoms with van der Waals surface area (Å²) in [6.45, 7) is 1.86. The molecule has 0 bridgehead atoms. The van der Waals surface area contributed by atoms with Crippen LogP contribution in [0.4, 0.5) is 5.82 Å². The normalized spacial score (nSPS) is 13.1. The summed E-state index contributed by atoms with van der Waals surface area (Å²) in [5, 5.41) is 0. The third kappa shape index (κ3) is 2.95. The molecule has 0 aliphatic heterocycles. The first-order valence-corrected chi connectivity index (χ1v) is 7.50. The van der Waals surface area contributed by atoms with Gasteiger partial charge in [-0.15, -0.1) is 0 Å². The Kier molecular flexibility index (Phi) is 4.32. The highest BCUT2D eigenvalue weighted by Crippen LogP contribution is 2.21. The van der Waals surface area contributed by atoms with Gasteiger partial charge in [-0.2, -0.15) is 0 Å². The quantitative estimate of drug-likeness (QED) is 0.455. The van der Waals surface area contributed by atoms with Crippen LogP contribution < -0.4 is 16.0 Å². The molecule has 0 aliphatic carbocycles. The van der Waals surface area contributed by atoms with Crippen molar-refractivity contribution in [1.82, 2.24) is 19.7 Å². The van der Waals surface area contributed by atoms with Gasteiger partial charge in [-0.05, 0) is 18.6 Å². The van der Waals surface area contributed by atoms with Crippen LogP contribution in [0.5, 0.6) is 0 Å². The third-order valence-corrected chi connectivity index (χ3v) is 4.26. The first kappa shape index (κ1) is 14.4. The van der Waals surface area contributed by atoms with Gasteiger partial charge in [0.25, 0.3) is 0 Å². The fraction of sp³-hybridized carbons (Fsp3) is 0.273. The number of H-pyrrole nitrogens is 1. The zero-order chi connectivity index (χ0) is 14.6. The molecule has 2 heterocycles. The van der Waals surface area contributed by atoms with Crippen LogP contribution in [0.2, 0.25) is 0 Å². The van der Waals surface area contributed by atoms with E-state index in [-0.39, 0.29) is 10.7 Å². The lowest BCUT2D eigenvalue weighted by molar-refractivity contribution is 0.539. The molecule has 108 valence electrons. The predicted octanol–water partition coefficient (Wildman–Crippen LogP) is 0.520. The van der Waals surface area contributed by atoms with Crippen LogP contribution >= 0.6 is 0 Å². The van der Waals surface area contributed by atoms with E-state index in [1.165, 1.54) is 18.3 Å². The molecular weight excluding hydrogens is 280 g/mol. The van der Waals surface area contributed by atoms with Crippen LogP contribution in [0.1, 0.15) is 25.2 Å². The lowest BCUT2D eigenvalue weighted by atomic mass is 10.2. The number of nitrogens with two attached hydrogens (primary N) is 1. The highest BCUT2D eigenvalue weighted by Gasteiger charge is 2.24. The SMILES string of the molecule is CCC(NS(=O)(=O)c1cccnc1NN)c1ncc[nH]1. The molecule has 0 saturated carbocycles. The van der Waals surface area contributed by atoms with Gasteiger partial charge >= 0.3 is 0 Å². The van der Waals surface area contributed by atoms with Crippen molar-refractivity contribution in [2.45, 2.75) is 24.3 Å². The van der Waals surface area contributed by atoms with Gasteiger partial charge in [0.15, 0.2) is 5.82 Å². The molecule has 2 aromatic rings. The van der Waals surface area contributed by atoms with E-state index in [0.717, 1.165) is 0 Å². The largest absolute Gasteiger partial charge is 0.347 e. The number of hydrazine groups is 1. The number of aromatic amines is 1. The number of nitrogens with zero attached hydrogens (tertiary/aromatic N) is 2. The van der Waals surface area contributed by atoms with Crippen molar-refractivity contribution in [2.75, 3.05) is 5.43 Å². The number of nitrogen functional groups attached to an aromatic ring is 1. The molecular formula is C11H16N6O2S. The number of nitrogens with one attached hydrogen (secondary N) is 3. The Balaban J connectivity index is 2.31. The molecule has 0 amide bonds. The molecule has 0 fully saturated rings. The van der Waals surface area contributed by atoms with Crippen LogP contribution in [0.15, 0.2) is 35.6 Å². The summed E-state index contributed by atoms with van der Waals surface area (Å²) < 4.78 is 27.4. The molecule has 0 aromatic carbocycles. The molecule has 2 aromatic heterocycles. The summed E-state index contributed by atoms with van der Waals surface area (Å²) in [5.41, 5.74) is 2.27. The summed E-state index contributed by atoms with van der Waals surface area (Å²) in [6.07, 6.45) is 5.23. The number of pyridine rings is 1. The molecule has 0 radical (unpaired) electrons. The van der Waals surface area contributed by atoms with Gasteiger partial charge in [-0.25, -0.2) is 29.0 Å². The van der Waals surface area contributed by atoms with Crippen LogP contribution in [0.3, 0.4) is 0 Å². The van der Waals surface area contributed by atoms with Crippen molar-refractivity contribution in [3.05, 3.63) is 36.5 Å². The Hall–Kier alpha value is -1.97. The van der Waals surface area contributed by atoms with E-state index in [2.05, 4.69) is 25.1 Å². The summed E-state index contributed by atoms with van der Waals surface area (Å²) in [6, 6.07) is 2.52. The second-order valence-electron chi connectivity index (χ2n) is 4.05. The van der Waals surface area contributed by atoms with E-state index in [1.807, 2.05) is 6.92 Å². The Morgan fingerprint density at radius 1 is 1.40 bits per heavy atom. The monoisotopic (exact) mass is 296 g/mol. The van der Waals surface area contributed by atoms with Gasteiger partial charge in [0.2, 0.25) is 10.0 Å². The Morgan fingerprint density at radius 3 is 2.80 bits per heavy atom. The van der Waals surface area contributed by atoms with Gasteiger partial charge in [-0.1, -0.05) is 6.92 Å². The molecule has 1 atom stereocenters. The maximum Gasteiger partial charge on any atom is 0.244 e. The number of rotatable bonds is 6. The molecule has 9 heteroatoms. The van der Waals surface area contributed by atoms with Crippen molar-refractivity contribution >= 4 is 15.8 Å². The zero-order valence-corrected chi connectivity index (χ0v) is 11.7. The van der Waals surface area contributed by atoms with E-state index in [0.29, 0.717) is 12.2 Å². The number of imidazole rings is 1. The number of anilines is 1. The second kappa shape index (κ2) is 5.99. The predicted molar refractivity (Wildman–Crippen MR) is 74.0 cm³/mol. The van der Waals surface area contributed by atoms with Crippen LogP contribution in [0.25, 0.3) is 0 Å². The number of aromatic nitrogens is 3. The summed E-state index contributed by atoms with van der Waals surface area (Å²) in [7, 11) is -3.76. The van der Waals surface area contributed by atoms with Gasteiger partial charge in [0.05, 0.1) is 6.04 Å². The molecule has 20 heavy (non-hydrogen) atoms.